The van der Waals surface area contributed by atoms with Crippen LogP contribution in [0.5, 0.6) is 0 Å². The summed E-state index contributed by atoms with van der Waals surface area (Å²) in [6, 6.07) is 20.6. The number of aromatic amines is 1. The molecule has 43 heavy (non-hydrogen) atoms. The maximum Gasteiger partial charge on any atom is 0.490 e. The molecule has 0 spiro atoms. The normalized spacial score (nSPS) is 16.8. The first-order valence-corrected chi connectivity index (χ1v) is 15.2. The summed E-state index contributed by atoms with van der Waals surface area (Å²) in [6.07, 6.45) is -4.58. The van der Waals surface area contributed by atoms with Crippen LogP contribution in [0.25, 0.3) is 21.3 Å². The Hall–Kier alpha value is -4.21. The van der Waals surface area contributed by atoms with E-state index >= 15 is 0 Å². The number of carboxylic acids is 1. The van der Waals surface area contributed by atoms with Crippen molar-refractivity contribution < 1.29 is 36.3 Å². The molecular weight excluding hydrogens is 631 g/mol. The van der Waals surface area contributed by atoms with Crippen LogP contribution in [-0.2, 0) is 26.0 Å². The SMILES string of the molecule is O=C(O)C(F)(F)F.O=C1C[C@@H](c2ccc(C[C@H](Nc3nc4ccccc4s3)c3nc4ccc(Cl)cc4[nH]3)cc2)S(=O)(=O)N1. The molecule has 0 unspecified atom stereocenters. The van der Waals surface area contributed by atoms with E-state index in [1.165, 1.54) is 0 Å². The summed E-state index contributed by atoms with van der Waals surface area (Å²) in [6.45, 7) is 0. The number of hydrogen-bond donors (Lipinski definition) is 4. The number of nitrogens with one attached hydrogen (secondary N) is 3. The molecule has 2 aromatic heterocycles. The van der Waals surface area contributed by atoms with Gasteiger partial charge in [0.1, 0.15) is 11.1 Å². The van der Waals surface area contributed by atoms with E-state index in [-0.39, 0.29) is 12.5 Å². The maximum atomic E-state index is 12.2. The summed E-state index contributed by atoms with van der Waals surface area (Å²) in [5.74, 6) is -2.49. The zero-order valence-electron chi connectivity index (χ0n) is 21.7. The molecule has 0 radical (unpaired) electrons. The van der Waals surface area contributed by atoms with Crippen molar-refractivity contribution in [2.75, 3.05) is 5.32 Å². The number of nitrogens with zero attached hydrogens (tertiary/aromatic N) is 2. The van der Waals surface area contributed by atoms with Gasteiger partial charge in [-0.15, -0.1) is 0 Å². The minimum atomic E-state index is -5.08. The molecule has 1 saturated heterocycles. The number of hydrogen-bond acceptors (Lipinski definition) is 8. The Balaban J connectivity index is 0.000000472. The summed E-state index contributed by atoms with van der Waals surface area (Å²) >= 11 is 7.74. The van der Waals surface area contributed by atoms with Crippen molar-refractivity contribution in [2.45, 2.75) is 30.3 Å². The molecule has 5 aromatic rings. The van der Waals surface area contributed by atoms with Crippen LogP contribution < -0.4 is 10.0 Å². The number of carbonyl (C=O) groups excluding carboxylic acids is 1. The van der Waals surface area contributed by atoms with Gasteiger partial charge in [-0.2, -0.15) is 13.2 Å². The Morgan fingerprint density at radius 1 is 1.09 bits per heavy atom. The van der Waals surface area contributed by atoms with Crippen molar-refractivity contribution in [1.82, 2.24) is 19.7 Å². The van der Waals surface area contributed by atoms with Gasteiger partial charge in [-0.1, -0.05) is 59.3 Å². The molecule has 10 nitrogen and oxygen atoms in total. The lowest BCUT2D eigenvalue weighted by Gasteiger charge is -2.17. The monoisotopic (exact) mass is 651 g/mol. The fourth-order valence-electron chi connectivity index (χ4n) is 4.42. The Morgan fingerprint density at radius 3 is 2.42 bits per heavy atom. The molecule has 0 bridgehead atoms. The van der Waals surface area contributed by atoms with Crippen molar-refractivity contribution in [1.29, 1.82) is 0 Å². The van der Waals surface area contributed by atoms with E-state index in [4.69, 9.17) is 31.5 Å². The topological polar surface area (TPSA) is 154 Å². The first-order valence-electron chi connectivity index (χ1n) is 12.5. The van der Waals surface area contributed by atoms with E-state index in [1.54, 1.807) is 29.5 Å². The van der Waals surface area contributed by atoms with Gasteiger partial charge in [0.2, 0.25) is 15.9 Å². The summed E-state index contributed by atoms with van der Waals surface area (Å²) in [5.41, 5.74) is 4.14. The van der Waals surface area contributed by atoms with Crippen LogP contribution in [-0.4, -0.2) is 46.5 Å². The molecule has 0 saturated carbocycles. The molecule has 1 aliphatic rings. The molecule has 6 rings (SSSR count). The number of sulfonamides is 1. The number of halogens is 4. The van der Waals surface area contributed by atoms with Gasteiger partial charge < -0.3 is 15.4 Å². The van der Waals surface area contributed by atoms with E-state index < -0.39 is 33.3 Å². The fraction of sp³-hybridized carbons (Fsp3) is 0.185. The summed E-state index contributed by atoms with van der Waals surface area (Å²) < 4.78 is 59.4. The van der Waals surface area contributed by atoms with Crippen molar-refractivity contribution in [2.24, 2.45) is 0 Å². The van der Waals surface area contributed by atoms with Crippen LogP contribution in [0.2, 0.25) is 5.02 Å². The van der Waals surface area contributed by atoms with Crippen LogP contribution in [0, 0.1) is 0 Å². The summed E-state index contributed by atoms with van der Waals surface area (Å²) in [4.78, 5) is 33.4. The number of aromatic nitrogens is 3. The molecule has 0 aliphatic carbocycles. The van der Waals surface area contributed by atoms with Gasteiger partial charge in [-0.05, 0) is 47.9 Å². The molecule has 16 heteroatoms. The van der Waals surface area contributed by atoms with Gasteiger partial charge in [0.25, 0.3) is 0 Å². The van der Waals surface area contributed by atoms with Crippen molar-refractivity contribution in [3.63, 3.8) is 0 Å². The average molecular weight is 652 g/mol. The number of carbonyl (C=O) groups is 2. The molecular formula is C27H21ClF3N5O5S2. The Bertz CT molecular complexity index is 1890. The highest BCUT2D eigenvalue weighted by atomic mass is 35.5. The largest absolute Gasteiger partial charge is 0.490 e. The third-order valence-electron chi connectivity index (χ3n) is 6.42. The van der Waals surface area contributed by atoms with Crippen LogP contribution >= 0.6 is 22.9 Å². The van der Waals surface area contributed by atoms with E-state index in [1.807, 2.05) is 48.5 Å². The van der Waals surface area contributed by atoms with Gasteiger partial charge in [0.15, 0.2) is 5.13 Å². The quantitative estimate of drug-likeness (QED) is 0.181. The van der Waals surface area contributed by atoms with Crippen LogP contribution in [0.3, 0.4) is 0 Å². The molecule has 4 N–H and O–H groups in total. The number of rotatable bonds is 6. The number of carboxylic acid groups (broad SMARTS) is 1. The lowest BCUT2D eigenvalue weighted by molar-refractivity contribution is -0.192. The third kappa shape index (κ3) is 7.06. The Labute approximate surface area is 251 Å². The second-order valence-electron chi connectivity index (χ2n) is 9.48. The van der Waals surface area contributed by atoms with Crippen molar-refractivity contribution >= 4 is 71.2 Å². The van der Waals surface area contributed by atoms with Crippen molar-refractivity contribution in [3.8, 4) is 0 Å². The Kier molecular flexibility index (Phi) is 8.31. The minimum absolute atomic E-state index is 0.0645. The number of anilines is 1. The molecule has 224 valence electrons. The first kappa shape index (κ1) is 30.3. The lowest BCUT2D eigenvalue weighted by atomic mass is 10.0. The van der Waals surface area contributed by atoms with Gasteiger partial charge >= 0.3 is 12.1 Å². The van der Waals surface area contributed by atoms with Crippen LogP contribution in [0.4, 0.5) is 18.3 Å². The van der Waals surface area contributed by atoms with Crippen LogP contribution in [0.15, 0.2) is 66.7 Å². The first-order chi connectivity index (χ1) is 20.3. The highest BCUT2D eigenvalue weighted by molar-refractivity contribution is 7.90. The summed E-state index contributed by atoms with van der Waals surface area (Å²) in [5, 5.41) is 11.2. The number of para-hydroxylation sites is 1. The molecule has 3 heterocycles. The van der Waals surface area contributed by atoms with E-state index in [2.05, 4.69) is 15.0 Å². The summed E-state index contributed by atoms with van der Waals surface area (Å²) in [7, 11) is -3.68. The number of fused-ring (bicyclic) bond motifs is 2. The number of H-pyrrole nitrogens is 1. The zero-order chi connectivity index (χ0) is 30.9. The average Bonchev–Trinajstić information content (AvgIpc) is 3.62. The number of benzene rings is 3. The maximum absolute atomic E-state index is 12.2. The standard InChI is InChI=1S/C25H20ClN5O3S2.C2HF3O2/c26-16-9-10-17-19(12-16)28-24(27-17)20(30-25-29-18-3-1-2-4-21(18)35-25)11-14-5-7-15(8-6-14)22-13-23(32)31-36(22,33)34;3-2(4,5)1(6)7/h1-10,12,20,22H,11,13H2,(H,27,28)(H,29,30)(H,31,32);(H,6,7)/t20-,22-;/m0./s1. The van der Waals surface area contributed by atoms with E-state index in [9.17, 15) is 26.4 Å². The molecule has 1 aliphatic heterocycles. The van der Waals surface area contributed by atoms with Crippen molar-refractivity contribution in [3.05, 3.63) is 88.7 Å². The van der Waals surface area contributed by atoms with E-state index in [0.717, 1.165) is 37.8 Å². The smallest absolute Gasteiger partial charge is 0.475 e. The number of amides is 1. The third-order valence-corrected chi connectivity index (χ3v) is 9.32. The fourth-order valence-corrected chi connectivity index (χ4v) is 6.94. The number of thiazole rings is 1. The highest BCUT2D eigenvalue weighted by Gasteiger charge is 2.38. The number of alkyl halides is 3. The highest BCUT2D eigenvalue weighted by Crippen LogP contribution is 2.33. The zero-order valence-corrected chi connectivity index (χ0v) is 24.1. The van der Waals surface area contributed by atoms with Crippen LogP contribution in [0.1, 0.15) is 34.7 Å². The minimum Gasteiger partial charge on any atom is -0.475 e. The lowest BCUT2D eigenvalue weighted by Crippen LogP contribution is -2.21. The number of aliphatic carboxylic acids is 1. The number of imidazole rings is 1. The molecule has 3 aromatic carbocycles. The second-order valence-corrected chi connectivity index (χ2v) is 12.8. The predicted octanol–water partition coefficient (Wildman–Crippen LogP) is 5.75. The Morgan fingerprint density at radius 2 is 1.79 bits per heavy atom. The van der Waals surface area contributed by atoms with Gasteiger partial charge in [0, 0.05) is 5.02 Å². The van der Waals surface area contributed by atoms with E-state index in [0.29, 0.717) is 17.0 Å². The second kappa shape index (κ2) is 11.8. The molecule has 2 atom stereocenters. The van der Waals surface area contributed by atoms with Gasteiger partial charge in [0.05, 0.1) is 33.7 Å². The molecule has 1 amide bonds. The predicted molar refractivity (Wildman–Crippen MR) is 155 cm³/mol. The van der Waals surface area contributed by atoms with Gasteiger partial charge in [-0.3, -0.25) is 9.52 Å². The van der Waals surface area contributed by atoms with Gasteiger partial charge in [-0.25, -0.2) is 23.2 Å². The molecule has 1 fully saturated rings.